The number of furan rings is 1. The Morgan fingerprint density at radius 2 is 0.955 bits per heavy atom. The molecular formula is C83H56BN3O. The number of aromatic nitrogens is 2. The SMILES string of the molecule is CC(C)(C)c1ccc(N2c3cc4c(cc3B3c5c2cc(-c2ccccc2)cc5-n2c5ccccc5c5c6c(cc3c52)C(c2ccccc2)(c2ccccc2)c2ccccc2-6)oc2ccc(-n3c5ccccc5c5ccccc53)cc24)c(-c2ccccc2)c1. The average molecular weight is 1120 g/mol. The largest absolute Gasteiger partial charge is 0.456 e. The van der Waals surface area contributed by atoms with E-state index >= 15 is 0 Å². The number of nitrogens with zero attached hydrogens (tertiary/aromatic N) is 3. The number of rotatable bonds is 6. The van der Waals surface area contributed by atoms with Crippen molar-refractivity contribution in [1.82, 2.24) is 9.13 Å². The Bertz CT molecular complexity index is 5520. The van der Waals surface area contributed by atoms with E-state index in [4.69, 9.17) is 4.42 Å². The van der Waals surface area contributed by atoms with Crippen LogP contribution in [0.5, 0.6) is 0 Å². The van der Waals surface area contributed by atoms with E-state index in [1.165, 1.54) is 121 Å². The molecule has 0 radical (unpaired) electrons. The van der Waals surface area contributed by atoms with Gasteiger partial charge < -0.3 is 18.5 Å². The summed E-state index contributed by atoms with van der Waals surface area (Å²) in [6, 6.07) is 107. The zero-order chi connectivity index (χ0) is 58.1. The molecule has 3 aromatic heterocycles. The van der Waals surface area contributed by atoms with Crippen LogP contribution in [0.1, 0.15) is 48.6 Å². The molecule has 2 aliphatic heterocycles. The third-order valence-corrected chi connectivity index (χ3v) is 19.9. The van der Waals surface area contributed by atoms with Gasteiger partial charge >= 0.3 is 0 Å². The van der Waals surface area contributed by atoms with Crippen molar-refractivity contribution in [1.29, 1.82) is 0 Å². The van der Waals surface area contributed by atoms with Gasteiger partial charge in [0.05, 0.1) is 33.2 Å². The van der Waals surface area contributed by atoms with Crippen molar-refractivity contribution in [2.45, 2.75) is 31.6 Å². The number of hydrogen-bond donors (Lipinski definition) is 0. The maximum Gasteiger partial charge on any atom is 0.252 e. The summed E-state index contributed by atoms with van der Waals surface area (Å²) >= 11 is 0. The predicted molar refractivity (Wildman–Crippen MR) is 369 cm³/mol. The Hall–Kier alpha value is -10.9. The molecule has 5 heterocycles. The monoisotopic (exact) mass is 1120 g/mol. The van der Waals surface area contributed by atoms with E-state index in [-0.39, 0.29) is 12.1 Å². The predicted octanol–water partition coefficient (Wildman–Crippen LogP) is 19.4. The summed E-state index contributed by atoms with van der Waals surface area (Å²) in [6.07, 6.45) is 0. The maximum atomic E-state index is 7.28. The Balaban J connectivity index is 0.984. The van der Waals surface area contributed by atoms with Gasteiger partial charge in [-0.3, -0.25) is 0 Å². The Labute approximate surface area is 510 Å². The minimum absolute atomic E-state index is 0.103. The molecule has 5 heteroatoms. The molecule has 0 fully saturated rings. The van der Waals surface area contributed by atoms with E-state index in [1.54, 1.807) is 0 Å². The van der Waals surface area contributed by atoms with Crippen LogP contribution in [0.2, 0.25) is 0 Å². The zero-order valence-electron chi connectivity index (χ0n) is 49.0. The second-order valence-corrected chi connectivity index (χ2v) is 25.5. The van der Waals surface area contributed by atoms with Crippen LogP contribution in [-0.2, 0) is 10.8 Å². The van der Waals surface area contributed by atoms with Gasteiger partial charge in [0.25, 0.3) is 6.71 Å². The molecule has 0 amide bonds. The van der Waals surface area contributed by atoms with E-state index in [0.717, 1.165) is 50.3 Å². The van der Waals surface area contributed by atoms with Gasteiger partial charge in [-0.1, -0.05) is 233 Å². The Morgan fingerprint density at radius 1 is 0.375 bits per heavy atom. The summed E-state index contributed by atoms with van der Waals surface area (Å²) in [6.45, 7) is 6.75. The van der Waals surface area contributed by atoms with Gasteiger partial charge in [-0.2, -0.15) is 0 Å². The number of para-hydroxylation sites is 3. The minimum atomic E-state index is -0.637. The van der Waals surface area contributed by atoms with Gasteiger partial charge in [0.2, 0.25) is 0 Å². The van der Waals surface area contributed by atoms with Crippen molar-refractivity contribution in [3.05, 3.63) is 313 Å². The van der Waals surface area contributed by atoms with Crippen LogP contribution < -0.4 is 21.3 Å². The van der Waals surface area contributed by atoms with Crippen LogP contribution >= 0.6 is 0 Å². The number of hydrogen-bond acceptors (Lipinski definition) is 2. The fourth-order valence-electron chi connectivity index (χ4n) is 16.2. The molecule has 0 bridgehead atoms. The summed E-state index contributed by atoms with van der Waals surface area (Å²) < 4.78 is 12.3. The van der Waals surface area contributed by atoms with Crippen LogP contribution in [0.3, 0.4) is 0 Å². The molecule has 0 spiro atoms. The van der Waals surface area contributed by atoms with Gasteiger partial charge in [0.15, 0.2) is 0 Å². The Kier molecular flexibility index (Phi) is 10.2. The second kappa shape index (κ2) is 18.1. The smallest absolute Gasteiger partial charge is 0.252 e. The normalized spacial score (nSPS) is 13.7. The standard InChI is InChI=1S/C83H56BN3O/c1-82(2,3)56-40-42-72(62(46-56)52-26-10-5-11-27-52)86-73-48-64-63-47-57(85-69-37-21-17-32-58(69)59-33-18-22-38-70(59)85)41-43-76(63)88-77(64)50-67(73)84-68-49-66-78(60-34-16-20-36-65(60)83(66,54-28-12-6-13-29-54)55-30-14-7-15-31-55)79-61-35-19-23-39-71(61)87(81(68)79)75-45-53(44-74(86)80(75)84)51-24-8-4-9-25-51/h4-50H,1-3H3. The molecule has 0 N–H and O–H groups in total. The lowest BCUT2D eigenvalue weighted by Crippen LogP contribution is -2.60. The molecule has 412 valence electrons. The highest BCUT2D eigenvalue weighted by Gasteiger charge is 2.51. The molecule has 0 saturated carbocycles. The first-order valence-corrected chi connectivity index (χ1v) is 30.9. The number of anilines is 3. The molecular weight excluding hydrogens is 1070 g/mol. The van der Waals surface area contributed by atoms with Crippen molar-refractivity contribution < 1.29 is 4.42 Å². The second-order valence-electron chi connectivity index (χ2n) is 25.5. The third-order valence-electron chi connectivity index (χ3n) is 19.9. The molecule has 16 aromatic rings. The fraction of sp³-hybridized carbons (Fsp3) is 0.0602. The summed E-state index contributed by atoms with van der Waals surface area (Å²) in [5.41, 5.74) is 28.9. The van der Waals surface area contributed by atoms with E-state index in [1.807, 2.05) is 0 Å². The number of benzene rings is 13. The van der Waals surface area contributed by atoms with Crippen molar-refractivity contribution in [3.63, 3.8) is 0 Å². The van der Waals surface area contributed by atoms with Gasteiger partial charge in [-0.25, -0.2) is 0 Å². The summed E-state index contributed by atoms with van der Waals surface area (Å²) in [5, 5.41) is 7.15. The van der Waals surface area contributed by atoms with E-state index in [2.05, 4.69) is 320 Å². The maximum absolute atomic E-state index is 7.28. The molecule has 4 nitrogen and oxygen atoms in total. The van der Waals surface area contributed by atoms with Gasteiger partial charge in [0, 0.05) is 60.6 Å². The highest BCUT2D eigenvalue weighted by Crippen LogP contribution is 2.60. The summed E-state index contributed by atoms with van der Waals surface area (Å²) in [4.78, 5) is 2.64. The van der Waals surface area contributed by atoms with Crippen molar-refractivity contribution >= 4 is 106 Å². The minimum Gasteiger partial charge on any atom is -0.456 e. The quantitative estimate of drug-likeness (QED) is 0.155. The van der Waals surface area contributed by atoms with Crippen LogP contribution in [-0.4, -0.2) is 15.8 Å². The highest BCUT2D eigenvalue weighted by molar-refractivity contribution is 7.00. The molecule has 19 rings (SSSR count). The van der Waals surface area contributed by atoms with E-state index < -0.39 is 5.41 Å². The fourth-order valence-corrected chi connectivity index (χ4v) is 16.2. The molecule has 0 saturated heterocycles. The summed E-state index contributed by atoms with van der Waals surface area (Å²) in [5.74, 6) is 0. The molecule has 0 atom stereocenters. The van der Waals surface area contributed by atoms with E-state index in [0.29, 0.717) is 0 Å². The lowest BCUT2D eigenvalue weighted by molar-refractivity contribution is 0.590. The zero-order valence-corrected chi connectivity index (χ0v) is 49.0. The van der Waals surface area contributed by atoms with E-state index in [9.17, 15) is 0 Å². The lowest BCUT2D eigenvalue weighted by atomic mass is 9.33. The first-order valence-electron chi connectivity index (χ1n) is 30.9. The molecule has 13 aromatic carbocycles. The topological polar surface area (TPSA) is 26.2 Å². The van der Waals surface area contributed by atoms with Crippen LogP contribution in [0, 0.1) is 0 Å². The van der Waals surface area contributed by atoms with Gasteiger partial charge in [-0.15, -0.1) is 0 Å². The highest BCUT2D eigenvalue weighted by atomic mass is 16.3. The van der Waals surface area contributed by atoms with Gasteiger partial charge in [-0.05, 0) is 150 Å². The molecule has 3 aliphatic rings. The number of fused-ring (bicyclic) bond motifs is 17. The molecule has 1 aliphatic carbocycles. The molecule has 0 unspecified atom stereocenters. The van der Waals surface area contributed by atoms with Crippen molar-refractivity contribution in [3.8, 4) is 44.8 Å². The Morgan fingerprint density at radius 3 is 1.64 bits per heavy atom. The van der Waals surface area contributed by atoms with Crippen molar-refractivity contribution in [2.75, 3.05) is 4.90 Å². The van der Waals surface area contributed by atoms with Crippen LogP contribution in [0.25, 0.3) is 110 Å². The first kappa shape index (κ1) is 49.4. The van der Waals surface area contributed by atoms with Crippen LogP contribution in [0.4, 0.5) is 17.1 Å². The van der Waals surface area contributed by atoms with Gasteiger partial charge in [0.1, 0.15) is 11.2 Å². The van der Waals surface area contributed by atoms with Crippen molar-refractivity contribution in [2.24, 2.45) is 0 Å². The molecule has 88 heavy (non-hydrogen) atoms. The first-order chi connectivity index (χ1) is 43.3. The average Bonchev–Trinajstić information content (AvgIpc) is 1.48. The lowest BCUT2D eigenvalue weighted by Gasteiger charge is -2.42. The third kappa shape index (κ3) is 6.65. The summed E-state index contributed by atoms with van der Waals surface area (Å²) in [7, 11) is 0. The van der Waals surface area contributed by atoms with Crippen LogP contribution in [0.15, 0.2) is 290 Å².